The van der Waals surface area contributed by atoms with Gasteiger partial charge in [-0.05, 0) is 54.7 Å². The van der Waals surface area contributed by atoms with Crippen LogP contribution in [0.3, 0.4) is 0 Å². The summed E-state index contributed by atoms with van der Waals surface area (Å²) >= 11 is 0. The SMILES string of the molecule is COc1ccc(CNCC2(C3CC3)CC2)cc1OC(F)F. The van der Waals surface area contributed by atoms with Crippen molar-refractivity contribution in [1.29, 1.82) is 0 Å². The van der Waals surface area contributed by atoms with Crippen molar-refractivity contribution in [2.45, 2.75) is 38.8 Å². The predicted octanol–water partition coefficient (Wildman–Crippen LogP) is 3.58. The van der Waals surface area contributed by atoms with E-state index in [-0.39, 0.29) is 5.75 Å². The lowest BCUT2D eigenvalue weighted by Crippen LogP contribution is -2.25. The summed E-state index contributed by atoms with van der Waals surface area (Å²) < 4.78 is 34.3. The van der Waals surface area contributed by atoms with Crippen molar-refractivity contribution in [2.24, 2.45) is 11.3 Å². The zero-order valence-corrected chi connectivity index (χ0v) is 12.2. The number of hydrogen-bond donors (Lipinski definition) is 1. The Morgan fingerprint density at radius 3 is 2.62 bits per heavy atom. The molecule has 1 aromatic carbocycles. The molecule has 0 aliphatic heterocycles. The van der Waals surface area contributed by atoms with E-state index in [0.29, 0.717) is 17.7 Å². The van der Waals surface area contributed by atoms with Crippen LogP contribution in [0.5, 0.6) is 11.5 Å². The Morgan fingerprint density at radius 1 is 1.29 bits per heavy atom. The number of rotatable bonds is 8. The number of ether oxygens (including phenoxy) is 2. The first-order chi connectivity index (χ1) is 10.1. The van der Waals surface area contributed by atoms with Gasteiger partial charge in [0.25, 0.3) is 0 Å². The molecule has 0 atom stereocenters. The average Bonchev–Trinajstić information content (AvgIpc) is 3.32. The molecule has 0 aromatic heterocycles. The zero-order valence-electron chi connectivity index (χ0n) is 12.2. The van der Waals surface area contributed by atoms with E-state index in [9.17, 15) is 8.78 Å². The second kappa shape index (κ2) is 5.79. The molecule has 2 saturated carbocycles. The lowest BCUT2D eigenvalue weighted by Gasteiger charge is -2.16. The van der Waals surface area contributed by atoms with Gasteiger partial charge in [-0.15, -0.1) is 0 Å². The number of alkyl halides is 2. The molecule has 2 aliphatic rings. The number of benzene rings is 1. The molecule has 0 heterocycles. The molecule has 0 unspecified atom stereocenters. The molecule has 2 fully saturated rings. The summed E-state index contributed by atoms with van der Waals surface area (Å²) in [5, 5.41) is 3.46. The second-order valence-corrected chi connectivity index (χ2v) is 6.10. The van der Waals surface area contributed by atoms with E-state index >= 15 is 0 Å². The molecular weight excluding hydrogens is 276 g/mol. The Morgan fingerprint density at radius 2 is 2.05 bits per heavy atom. The van der Waals surface area contributed by atoms with Crippen LogP contribution in [0, 0.1) is 11.3 Å². The van der Waals surface area contributed by atoms with Crippen LogP contribution >= 0.6 is 0 Å². The van der Waals surface area contributed by atoms with Crippen LogP contribution in [0.15, 0.2) is 18.2 Å². The minimum Gasteiger partial charge on any atom is -0.493 e. The molecule has 0 amide bonds. The molecular formula is C16H21F2NO2. The third-order valence-electron chi connectivity index (χ3n) is 4.59. The fraction of sp³-hybridized carbons (Fsp3) is 0.625. The van der Waals surface area contributed by atoms with Crippen LogP contribution < -0.4 is 14.8 Å². The van der Waals surface area contributed by atoms with Crippen LogP contribution in [0.1, 0.15) is 31.2 Å². The first-order valence-electron chi connectivity index (χ1n) is 7.45. The first-order valence-corrected chi connectivity index (χ1v) is 7.45. The van der Waals surface area contributed by atoms with E-state index in [0.717, 1.165) is 18.0 Å². The van der Waals surface area contributed by atoms with E-state index in [1.807, 2.05) is 6.07 Å². The van der Waals surface area contributed by atoms with Crippen molar-refractivity contribution in [2.75, 3.05) is 13.7 Å². The minimum absolute atomic E-state index is 0.0927. The Bertz CT molecular complexity index is 499. The summed E-state index contributed by atoms with van der Waals surface area (Å²) in [5.74, 6) is 1.34. The Hall–Kier alpha value is -1.36. The van der Waals surface area contributed by atoms with Gasteiger partial charge < -0.3 is 14.8 Å². The average molecular weight is 297 g/mol. The summed E-state index contributed by atoms with van der Waals surface area (Å²) in [6, 6.07) is 5.16. The van der Waals surface area contributed by atoms with E-state index < -0.39 is 6.61 Å². The van der Waals surface area contributed by atoms with E-state index in [1.165, 1.54) is 32.8 Å². The van der Waals surface area contributed by atoms with Gasteiger partial charge in [0.1, 0.15) is 0 Å². The largest absolute Gasteiger partial charge is 0.493 e. The van der Waals surface area contributed by atoms with Gasteiger partial charge in [0, 0.05) is 13.1 Å². The molecule has 0 radical (unpaired) electrons. The van der Waals surface area contributed by atoms with Gasteiger partial charge in [-0.25, -0.2) is 0 Å². The fourth-order valence-corrected chi connectivity index (χ4v) is 3.06. The topological polar surface area (TPSA) is 30.5 Å². The Labute approximate surface area is 123 Å². The molecule has 0 saturated heterocycles. The maximum atomic E-state index is 12.4. The summed E-state index contributed by atoms with van der Waals surface area (Å²) in [6.07, 6.45) is 5.40. The van der Waals surface area contributed by atoms with Crippen LogP contribution in [-0.2, 0) is 6.54 Å². The van der Waals surface area contributed by atoms with Gasteiger partial charge in [-0.2, -0.15) is 8.78 Å². The van der Waals surface area contributed by atoms with Crippen LogP contribution in [0.25, 0.3) is 0 Å². The predicted molar refractivity (Wildman–Crippen MR) is 75.7 cm³/mol. The summed E-state index contributed by atoms with van der Waals surface area (Å²) in [5.41, 5.74) is 1.47. The zero-order chi connectivity index (χ0) is 14.9. The molecule has 1 N–H and O–H groups in total. The normalized spacial score (nSPS) is 19.6. The van der Waals surface area contributed by atoms with E-state index in [1.54, 1.807) is 12.1 Å². The molecule has 3 nitrogen and oxygen atoms in total. The molecule has 0 bridgehead atoms. The van der Waals surface area contributed by atoms with Crippen molar-refractivity contribution >= 4 is 0 Å². The maximum absolute atomic E-state index is 12.4. The summed E-state index contributed by atoms with van der Waals surface area (Å²) in [4.78, 5) is 0. The number of methoxy groups -OCH3 is 1. The second-order valence-electron chi connectivity index (χ2n) is 6.10. The Kier molecular flexibility index (Phi) is 4.02. The van der Waals surface area contributed by atoms with Crippen molar-refractivity contribution in [3.8, 4) is 11.5 Å². The molecule has 2 aliphatic carbocycles. The van der Waals surface area contributed by atoms with Crippen LogP contribution in [0.2, 0.25) is 0 Å². The highest BCUT2D eigenvalue weighted by Crippen LogP contribution is 2.60. The smallest absolute Gasteiger partial charge is 0.387 e. The number of hydrogen-bond acceptors (Lipinski definition) is 3. The van der Waals surface area contributed by atoms with Gasteiger partial charge >= 0.3 is 6.61 Å². The minimum atomic E-state index is -2.84. The molecule has 5 heteroatoms. The van der Waals surface area contributed by atoms with Crippen molar-refractivity contribution in [1.82, 2.24) is 5.32 Å². The van der Waals surface area contributed by atoms with Gasteiger partial charge in [-0.1, -0.05) is 6.07 Å². The third kappa shape index (κ3) is 3.46. The molecule has 116 valence electrons. The third-order valence-corrected chi connectivity index (χ3v) is 4.59. The van der Waals surface area contributed by atoms with Crippen molar-refractivity contribution in [3.63, 3.8) is 0 Å². The van der Waals surface area contributed by atoms with Crippen LogP contribution in [-0.4, -0.2) is 20.3 Å². The molecule has 21 heavy (non-hydrogen) atoms. The lowest BCUT2D eigenvalue weighted by atomic mass is 10.0. The number of nitrogens with one attached hydrogen (secondary N) is 1. The molecule has 3 rings (SSSR count). The van der Waals surface area contributed by atoms with Gasteiger partial charge in [-0.3, -0.25) is 0 Å². The molecule has 0 spiro atoms. The van der Waals surface area contributed by atoms with Gasteiger partial charge in [0.2, 0.25) is 0 Å². The summed E-state index contributed by atoms with van der Waals surface area (Å²) in [6.45, 7) is -1.15. The van der Waals surface area contributed by atoms with Gasteiger partial charge in [0.15, 0.2) is 11.5 Å². The van der Waals surface area contributed by atoms with E-state index in [4.69, 9.17) is 4.74 Å². The monoisotopic (exact) mass is 297 g/mol. The highest BCUT2D eigenvalue weighted by molar-refractivity contribution is 5.43. The highest BCUT2D eigenvalue weighted by Gasteiger charge is 2.53. The van der Waals surface area contributed by atoms with Crippen LogP contribution in [0.4, 0.5) is 8.78 Å². The Balaban J connectivity index is 1.57. The number of halogens is 2. The first kappa shape index (κ1) is 14.6. The van der Waals surface area contributed by atoms with Crippen molar-refractivity contribution in [3.05, 3.63) is 23.8 Å². The summed E-state index contributed by atoms with van der Waals surface area (Å²) in [7, 11) is 1.44. The molecule has 1 aromatic rings. The quantitative estimate of drug-likeness (QED) is 0.795. The maximum Gasteiger partial charge on any atom is 0.387 e. The standard InChI is InChI=1S/C16H21F2NO2/c1-20-13-5-2-11(8-14(13)21-15(17)18)9-19-10-16(6-7-16)12-3-4-12/h2,5,8,12,15,19H,3-4,6-7,9-10H2,1H3. The van der Waals surface area contributed by atoms with E-state index in [2.05, 4.69) is 10.1 Å². The van der Waals surface area contributed by atoms with Crippen molar-refractivity contribution < 1.29 is 18.3 Å². The van der Waals surface area contributed by atoms with Gasteiger partial charge in [0.05, 0.1) is 7.11 Å². The fourth-order valence-electron chi connectivity index (χ4n) is 3.06. The lowest BCUT2D eigenvalue weighted by molar-refractivity contribution is -0.0512. The highest BCUT2D eigenvalue weighted by atomic mass is 19.3.